The van der Waals surface area contributed by atoms with Crippen molar-refractivity contribution < 1.29 is 9.53 Å². The number of unbranched alkanes of at least 4 members (excludes halogenated alkanes) is 4. The summed E-state index contributed by atoms with van der Waals surface area (Å²) in [5.41, 5.74) is 4.49. The number of allylic oxidation sites excluding steroid dienone is 4. The number of rotatable bonds is 12. The fourth-order valence-electron chi connectivity index (χ4n) is 3.85. The van der Waals surface area contributed by atoms with E-state index in [1.807, 2.05) is 0 Å². The van der Waals surface area contributed by atoms with E-state index in [0.717, 1.165) is 19.3 Å². The Balaban J connectivity index is 1.77. The number of aryl methyl sites for hydroxylation is 1. The first-order valence-electron chi connectivity index (χ1n) is 10.7. The lowest BCUT2D eigenvalue weighted by atomic mass is 9.90. The summed E-state index contributed by atoms with van der Waals surface area (Å²) in [6, 6.07) is 9.36. The molecule has 0 heterocycles. The first-order valence-corrected chi connectivity index (χ1v) is 10.7. The summed E-state index contributed by atoms with van der Waals surface area (Å²) in [5, 5.41) is 0. The van der Waals surface area contributed by atoms with Gasteiger partial charge in [-0.25, -0.2) is 0 Å². The average Bonchev–Trinajstić information content (AvgIpc) is 3.16. The van der Waals surface area contributed by atoms with Crippen LogP contribution >= 0.6 is 0 Å². The molecule has 1 unspecified atom stereocenters. The summed E-state index contributed by atoms with van der Waals surface area (Å²) in [6.45, 7) is 2.26. The van der Waals surface area contributed by atoms with Crippen molar-refractivity contribution in [3.8, 4) is 0 Å². The van der Waals surface area contributed by atoms with Crippen molar-refractivity contribution in [2.45, 2.75) is 83.5 Å². The summed E-state index contributed by atoms with van der Waals surface area (Å²) < 4.78 is 4.67. The molecule has 1 aromatic rings. The molecule has 0 aromatic heterocycles. The fourth-order valence-corrected chi connectivity index (χ4v) is 3.85. The molecule has 0 radical (unpaired) electrons. The Morgan fingerprint density at radius 3 is 2.67 bits per heavy atom. The Kier molecular flexibility index (Phi) is 9.97. The van der Waals surface area contributed by atoms with E-state index in [1.54, 1.807) is 5.57 Å². The molecule has 0 N–H and O–H groups in total. The smallest absolute Gasteiger partial charge is 0.305 e. The van der Waals surface area contributed by atoms with E-state index in [1.165, 1.54) is 63.2 Å². The molecule has 1 atom stereocenters. The second-order valence-electron chi connectivity index (χ2n) is 7.61. The molecule has 0 fully saturated rings. The van der Waals surface area contributed by atoms with Crippen molar-refractivity contribution >= 4 is 5.97 Å². The highest BCUT2D eigenvalue weighted by atomic mass is 16.5. The third-order valence-corrected chi connectivity index (χ3v) is 5.51. The predicted molar refractivity (Wildman–Crippen MR) is 114 cm³/mol. The van der Waals surface area contributed by atoms with Gasteiger partial charge in [0.25, 0.3) is 0 Å². The molecule has 2 rings (SSSR count). The van der Waals surface area contributed by atoms with Crippen molar-refractivity contribution in [1.82, 2.24) is 0 Å². The van der Waals surface area contributed by atoms with Gasteiger partial charge in [-0.3, -0.25) is 4.79 Å². The zero-order chi connectivity index (χ0) is 19.3. The fraction of sp³-hybridized carbons (Fsp3) is 0.560. The molecule has 0 saturated carbocycles. The number of carbonyl (C=O) groups is 1. The highest BCUT2D eigenvalue weighted by Gasteiger charge is 2.19. The number of carbonyl (C=O) groups excluding carboxylic acids is 1. The van der Waals surface area contributed by atoms with E-state index >= 15 is 0 Å². The molecule has 1 aromatic carbocycles. The van der Waals surface area contributed by atoms with Crippen LogP contribution < -0.4 is 0 Å². The topological polar surface area (TPSA) is 26.3 Å². The van der Waals surface area contributed by atoms with Crippen molar-refractivity contribution in [3.63, 3.8) is 0 Å². The summed E-state index contributed by atoms with van der Waals surface area (Å²) in [4.78, 5) is 11.1. The molecule has 1 aliphatic rings. The minimum atomic E-state index is -0.115. The molecule has 27 heavy (non-hydrogen) atoms. The largest absolute Gasteiger partial charge is 0.469 e. The van der Waals surface area contributed by atoms with E-state index in [2.05, 4.69) is 54.2 Å². The van der Waals surface area contributed by atoms with Gasteiger partial charge in [0.1, 0.15) is 0 Å². The average molecular weight is 369 g/mol. The Morgan fingerprint density at radius 1 is 1.11 bits per heavy atom. The van der Waals surface area contributed by atoms with Crippen LogP contribution in [0.1, 0.15) is 88.2 Å². The van der Waals surface area contributed by atoms with Crippen LogP contribution in [0.3, 0.4) is 0 Å². The lowest BCUT2D eigenvalue weighted by molar-refractivity contribution is -0.140. The SMILES string of the molecule is CCCCCCc1ccc(C2CCC=C2C/C=C\CCCC(=O)OC)cc1. The highest BCUT2D eigenvalue weighted by Crippen LogP contribution is 2.37. The maximum absolute atomic E-state index is 11.1. The summed E-state index contributed by atoms with van der Waals surface area (Å²) in [6.07, 6.45) is 19.2. The third-order valence-electron chi connectivity index (χ3n) is 5.51. The molecule has 0 amide bonds. The number of hydrogen-bond donors (Lipinski definition) is 0. The maximum atomic E-state index is 11.1. The Morgan fingerprint density at radius 2 is 1.93 bits per heavy atom. The molecule has 0 bridgehead atoms. The van der Waals surface area contributed by atoms with Crippen LogP contribution in [0.15, 0.2) is 48.1 Å². The Bertz CT molecular complexity index is 610. The first-order chi connectivity index (χ1) is 13.2. The molecule has 2 nitrogen and oxygen atoms in total. The van der Waals surface area contributed by atoms with E-state index in [-0.39, 0.29) is 5.97 Å². The number of methoxy groups -OCH3 is 1. The van der Waals surface area contributed by atoms with E-state index in [0.29, 0.717) is 12.3 Å². The van der Waals surface area contributed by atoms with E-state index in [9.17, 15) is 4.79 Å². The third kappa shape index (κ3) is 7.74. The minimum absolute atomic E-state index is 0.115. The summed E-state index contributed by atoms with van der Waals surface area (Å²) >= 11 is 0. The Hall–Kier alpha value is -1.83. The maximum Gasteiger partial charge on any atom is 0.305 e. The van der Waals surface area contributed by atoms with Gasteiger partial charge in [0.2, 0.25) is 0 Å². The van der Waals surface area contributed by atoms with E-state index < -0.39 is 0 Å². The summed E-state index contributed by atoms with van der Waals surface area (Å²) in [7, 11) is 1.45. The van der Waals surface area contributed by atoms with Crippen LogP contribution in [-0.4, -0.2) is 13.1 Å². The predicted octanol–water partition coefficient (Wildman–Crippen LogP) is 6.90. The monoisotopic (exact) mass is 368 g/mol. The van der Waals surface area contributed by atoms with Crippen LogP contribution in [0, 0.1) is 0 Å². The van der Waals surface area contributed by atoms with Gasteiger partial charge in [-0.05, 0) is 56.1 Å². The summed E-state index contributed by atoms with van der Waals surface area (Å²) in [5.74, 6) is 0.467. The van der Waals surface area contributed by atoms with Gasteiger partial charge in [-0.2, -0.15) is 0 Å². The van der Waals surface area contributed by atoms with Gasteiger partial charge < -0.3 is 4.74 Å². The van der Waals surface area contributed by atoms with Crippen LogP contribution in [0.25, 0.3) is 0 Å². The lowest BCUT2D eigenvalue weighted by Crippen LogP contribution is -1.99. The number of hydrogen-bond acceptors (Lipinski definition) is 2. The van der Waals surface area contributed by atoms with Crippen LogP contribution in [0.5, 0.6) is 0 Å². The van der Waals surface area contributed by atoms with Crippen molar-refractivity contribution in [2.24, 2.45) is 0 Å². The molecule has 0 spiro atoms. The van der Waals surface area contributed by atoms with Crippen molar-refractivity contribution in [2.75, 3.05) is 7.11 Å². The lowest BCUT2D eigenvalue weighted by Gasteiger charge is -2.15. The minimum Gasteiger partial charge on any atom is -0.469 e. The highest BCUT2D eigenvalue weighted by molar-refractivity contribution is 5.69. The number of esters is 1. The second-order valence-corrected chi connectivity index (χ2v) is 7.61. The van der Waals surface area contributed by atoms with Crippen LogP contribution in [0.2, 0.25) is 0 Å². The van der Waals surface area contributed by atoms with Crippen LogP contribution in [0.4, 0.5) is 0 Å². The second kappa shape index (κ2) is 12.5. The molecular weight excluding hydrogens is 332 g/mol. The van der Waals surface area contributed by atoms with E-state index in [4.69, 9.17) is 0 Å². The normalized spacial score (nSPS) is 16.7. The number of ether oxygens (including phenoxy) is 1. The molecule has 1 aliphatic carbocycles. The van der Waals surface area contributed by atoms with Gasteiger partial charge in [0.15, 0.2) is 0 Å². The molecule has 0 aliphatic heterocycles. The Labute approximate surface area is 165 Å². The van der Waals surface area contributed by atoms with Gasteiger partial charge >= 0.3 is 5.97 Å². The first kappa shape index (κ1) is 21.5. The number of benzene rings is 1. The molecule has 2 heteroatoms. The quantitative estimate of drug-likeness (QED) is 0.228. The molecule has 148 valence electrons. The zero-order valence-electron chi connectivity index (χ0n) is 17.2. The van der Waals surface area contributed by atoms with Gasteiger partial charge in [0.05, 0.1) is 7.11 Å². The van der Waals surface area contributed by atoms with Gasteiger partial charge in [0, 0.05) is 12.3 Å². The molecular formula is C25H36O2. The molecule has 0 saturated heterocycles. The van der Waals surface area contributed by atoms with Crippen molar-refractivity contribution in [1.29, 1.82) is 0 Å². The van der Waals surface area contributed by atoms with Crippen molar-refractivity contribution in [3.05, 3.63) is 59.2 Å². The van der Waals surface area contributed by atoms with Gasteiger partial charge in [-0.15, -0.1) is 0 Å². The standard InChI is InChI=1S/C25H36O2/c1-3-4-5-8-12-21-17-19-23(20-18-21)24-15-11-14-22(24)13-9-6-7-10-16-25(26)27-2/h6,9,14,17-20,24H,3-5,7-8,10-13,15-16H2,1-2H3/b9-6-. The zero-order valence-corrected chi connectivity index (χ0v) is 17.2. The van der Waals surface area contributed by atoms with Gasteiger partial charge in [-0.1, -0.05) is 74.3 Å². The van der Waals surface area contributed by atoms with Crippen LogP contribution in [-0.2, 0) is 16.0 Å².